The van der Waals surface area contributed by atoms with Gasteiger partial charge in [0.25, 0.3) is 0 Å². The fourth-order valence-corrected chi connectivity index (χ4v) is 1.39. The Kier molecular flexibility index (Phi) is 5.32. The molecule has 0 amide bonds. The summed E-state index contributed by atoms with van der Waals surface area (Å²) in [4.78, 5) is 21.9. The molecule has 2 N–H and O–H groups in total. The van der Waals surface area contributed by atoms with Crippen molar-refractivity contribution in [1.29, 1.82) is 0 Å². The molecular formula is C13H16O5. The first-order valence-electron chi connectivity index (χ1n) is 5.61. The Hall–Kier alpha value is -1.88. The third-order valence-corrected chi connectivity index (χ3v) is 2.64. The topological polar surface area (TPSA) is 83.8 Å². The molecule has 1 aromatic rings. The summed E-state index contributed by atoms with van der Waals surface area (Å²) in [5, 5.41) is 17.9. The van der Waals surface area contributed by atoms with Gasteiger partial charge in [0.1, 0.15) is 6.61 Å². The van der Waals surface area contributed by atoms with Crippen molar-refractivity contribution >= 4 is 11.9 Å². The number of carboxylic acids is 1. The number of carbonyl (C=O) groups is 2. The molecule has 0 radical (unpaired) electrons. The van der Waals surface area contributed by atoms with Gasteiger partial charge in [-0.3, -0.25) is 9.59 Å². The Morgan fingerprint density at radius 3 is 2.39 bits per heavy atom. The fourth-order valence-electron chi connectivity index (χ4n) is 1.39. The number of carbonyl (C=O) groups excluding carboxylic acids is 1. The molecule has 0 saturated heterocycles. The highest BCUT2D eigenvalue weighted by Crippen LogP contribution is 2.15. The van der Waals surface area contributed by atoms with Gasteiger partial charge in [-0.05, 0) is 12.5 Å². The van der Waals surface area contributed by atoms with E-state index in [0.717, 1.165) is 5.56 Å². The van der Waals surface area contributed by atoms with Gasteiger partial charge < -0.3 is 14.9 Å². The van der Waals surface area contributed by atoms with Crippen LogP contribution < -0.4 is 0 Å². The maximum atomic E-state index is 11.4. The molecule has 2 atom stereocenters. The second-order valence-electron chi connectivity index (χ2n) is 3.98. The van der Waals surface area contributed by atoms with Crippen molar-refractivity contribution in [3.05, 3.63) is 35.9 Å². The zero-order chi connectivity index (χ0) is 13.5. The standard InChI is InChI=1S/C13H16O5/c1-9(12(15)16)13(17)18-8-11(7-14)10-5-3-2-4-6-10/h2-6,9,11,14H,7-8H2,1H3,(H,15,16). The molecule has 98 valence electrons. The number of aliphatic hydroxyl groups is 1. The third-order valence-electron chi connectivity index (χ3n) is 2.64. The highest BCUT2D eigenvalue weighted by Gasteiger charge is 2.23. The molecule has 0 heterocycles. The van der Waals surface area contributed by atoms with Crippen LogP contribution in [0.2, 0.25) is 0 Å². The first kappa shape index (κ1) is 14.2. The number of carboxylic acid groups (broad SMARTS) is 1. The number of esters is 1. The van der Waals surface area contributed by atoms with Crippen LogP contribution in [0.1, 0.15) is 18.4 Å². The average Bonchev–Trinajstić information content (AvgIpc) is 2.39. The van der Waals surface area contributed by atoms with Crippen molar-refractivity contribution in [3.63, 3.8) is 0 Å². The van der Waals surface area contributed by atoms with E-state index in [0.29, 0.717) is 0 Å². The van der Waals surface area contributed by atoms with E-state index in [2.05, 4.69) is 0 Å². The zero-order valence-electron chi connectivity index (χ0n) is 10.1. The second-order valence-corrected chi connectivity index (χ2v) is 3.98. The molecule has 1 rings (SSSR count). The smallest absolute Gasteiger partial charge is 0.320 e. The molecule has 5 nitrogen and oxygen atoms in total. The molecule has 0 aliphatic heterocycles. The Morgan fingerprint density at radius 1 is 1.28 bits per heavy atom. The van der Waals surface area contributed by atoms with Gasteiger partial charge in [0.15, 0.2) is 5.92 Å². The normalized spacial score (nSPS) is 13.7. The molecule has 0 saturated carbocycles. The van der Waals surface area contributed by atoms with E-state index in [1.165, 1.54) is 6.92 Å². The minimum atomic E-state index is -1.22. The summed E-state index contributed by atoms with van der Waals surface area (Å²) in [5.74, 6) is -3.55. The van der Waals surface area contributed by atoms with Crippen LogP contribution in [0.15, 0.2) is 30.3 Å². The highest BCUT2D eigenvalue weighted by molar-refractivity contribution is 5.93. The van der Waals surface area contributed by atoms with Crippen LogP contribution in [-0.4, -0.2) is 35.4 Å². The third kappa shape index (κ3) is 3.85. The maximum Gasteiger partial charge on any atom is 0.320 e. The molecular weight excluding hydrogens is 236 g/mol. The van der Waals surface area contributed by atoms with Crippen molar-refractivity contribution in [2.45, 2.75) is 12.8 Å². The van der Waals surface area contributed by atoms with Gasteiger partial charge in [-0.15, -0.1) is 0 Å². The quantitative estimate of drug-likeness (QED) is 0.583. The minimum Gasteiger partial charge on any atom is -0.481 e. The number of hydrogen-bond acceptors (Lipinski definition) is 4. The number of ether oxygens (including phenoxy) is 1. The Morgan fingerprint density at radius 2 is 1.89 bits per heavy atom. The van der Waals surface area contributed by atoms with Crippen LogP contribution >= 0.6 is 0 Å². The monoisotopic (exact) mass is 252 g/mol. The van der Waals surface area contributed by atoms with Crippen molar-refractivity contribution in [2.75, 3.05) is 13.2 Å². The van der Waals surface area contributed by atoms with Crippen LogP contribution in [0.4, 0.5) is 0 Å². The molecule has 0 aliphatic carbocycles. The van der Waals surface area contributed by atoms with Crippen LogP contribution in [0.25, 0.3) is 0 Å². The summed E-state index contributed by atoms with van der Waals surface area (Å²) in [6, 6.07) is 9.11. The van der Waals surface area contributed by atoms with Gasteiger partial charge in [0.2, 0.25) is 0 Å². The van der Waals surface area contributed by atoms with Crippen LogP contribution in [0, 0.1) is 5.92 Å². The lowest BCUT2D eigenvalue weighted by Gasteiger charge is -2.15. The molecule has 1 aromatic carbocycles. The zero-order valence-corrected chi connectivity index (χ0v) is 10.1. The van der Waals surface area contributed by atoms with Gasteiger partial charge in [0, 0.05) is 5.92 Å². The average molecular weight is 252 g/mol. The van der Waals surface area contributed by atoms with E-state index in [4.69, 9.17) is 9.84 Å². The van der Waals surface area contributed by atoms with E-state index in [1.807, 2.05) is 30.3 Å². The Labute approximate surface area is 105 Å². The molecule has 0 bridgehead atoms. The van der Waals surface area contributed by atoms with E-state index in [1.54, 1.807) is 0 Å². The fraction of sp³-hybridized carbons (Fsp3) is 0.385. The first-order valence-corrected chi connectivity index (χ1v) is 5.61. The van der Waals surface area contributed by atoms with Gasteiger partial charge in [0.05, 0.1) is 6.61 Å². The minimum absolute atomic E-state index is 0.0308. The van der Waals surface area contributed by atoms with Gasteiger partial charge in [-0.2, -0.15) is 0 Å². The number of hydrogen-bond donors (Lipinski definition) is 2. The molecule has 18 heavy (non-hydrogen) atoms. The summed E-state index contributed by atoms with van der Waals surface area (Å²) >= 11 is 0. The summed E-state index contributed by atoms with van der Waals surface area (Å²) in [6.07, 6.45) is 0. The molecule has 0 spiro atoms. The van der Waals surface area contributed by atoms with Gasteiger partial charge in [-0.1, -0.05) is 30.3 Å². The molecule has 0 fully saturated rings. The van der Waals surface area contributed by atoms with E-state index in [9.17, 15) is 14.7 Å². The predicted octanol–water partition coefficient (Wildman–Crippen LogP) is 1.03. The SMILES string of the molecule is CC(C(=O)O)C(=O)OCC(CO)c1ccccc1. The summed E-state index contributed by atoms with van der Waals surface area (Å²) in [7, 11) is 0. The second kappa shape index (κ2) is 6.76. The van der Waals surface area contributed by atoms with E-state index < -0.39 is 17.9 Å². The Balaban J connectivity index is 2.56. The largest absolute Gasteiger partial charge is 0.481 e. The van der Waals surface area contributed by atoms with E-state index in [-0.39, 0.29) is 19.1 Å². The van der Waals surface area contributed by atoms with Crippen molar-refractivity contribution < 1.29 is 24.5 Å². The van der Waals surface area contributed by atoms with Crippen molar-refractivity contribution in [3.8, 4) is 0 Å². The van der Waals surface area contributed by atoms with Crippen molar-refractivity contribution in [1.82, 2.24) is 0 Å². The molecule has 0 aliphatic rings. The number of benzene rings is 1. The van der Waals surface area contributed by atoms with Crippen LogP contribution in [0.3, 0.4) is 0 Å². The molecule has 5 heteroatoms. The highest BCUT2D eigenvalue weighted by atomic mass is 16.5. The predicted molar refractivity (Wildman–Crippen MR) is 64.0 cm³/mol. The molecule has 0 aromatic heterocycles. The number of rotatable bonds is 6. The summed E-state index contributed by atoms with van der Waals surface area (Å²) < 4.78 is 4.89. The molecule has 2 unspecified atom stereocenters. The summed E-state index contributed by atoms with van der Waals surface area (Å²) in [6.45, 7) is 1.07. The Bertz CT molecular complexity index is 401. The lowest BCUT2D eigenvalue weighted by molar-refractivity contribution is -0.158. The van der Waals surface area contributed by atoms with Gasteiger partial charge >= 0.3 is 11.9 Å². The maximum absolute atomic E-state index is 11.4. The summed E-state index contributed by atoms with van der Waals surface area (Å²) in [5.41, 5.74) is 0.843. The van der Waals surface area contributed by atoms with Crippen LogP contribution in [-0.2, 0) is 14.3 Å². The number of aliphatic carboxylic acids is 1. The lowest BCUT2D eigenvalue weighted by atomic mass is 10.0. The number of aliphatic hydroxyl groups excluding tert-OH is 1. The van der Waals surface area contributed by atoms with E-state index >= 15 is 0 Å². The van der Waals surface area contributed by atoms with Crippen LogP contribution in [0.5, 0.6) is 0 Å². The van der Waals surface area contributed by atoms with Gasteiger partial charge in [-0.25, -0.2) is 0 Å². The first-order chi connectivity index (χ1) is 8.56. The lowest BCUT2D eigenvalue weighted by Crippen LogP contribution is -2.25. The van der Waals surface area contributed by atoms with Crippen molar-refractivity contribution in [2.24, 2.45) is 5.92 Å².